The van der Waals surface area contributed by atoms with Crippen LogP contribution in [0, 0.1) is 6.92 Å². The van der Waals surface area contributed by atoms with Crippen LogP contribution in [0.15, 0.2) is 71.2 Å². The van der Waals surface area contributed by atoms with Crippen molar-refractivity contribution in [2.24, 2.45) is 0 Å². The van der Waals surface area contributed by atoms with Gasteiger partial charge in [-0.1, -0.05) is 52.3 Å². The molecule has 6 nitrogen and oxygen atoms in total. The van der Waals surface area contributed by atoms with Crippen molar-refractivity contribution in [1.82, 2.24) is 4.90 Å². The highest BCUT2D eigenvalue weighted by Crippen LogP contribution is 2.36. The first-order valence-corrected chi connectivity index (χ1v) is 12.4. The summed E-state index contributed by atoms with van der Waals surface area (Å²) in [5.74, 6) is 0.964. The van der Waals surface area contributed by atoms with E-state index in [0.29, 0.717) is 24.7 Å². The highest BCUT2D eigenvalue weighted by Gasteiger charge is 2.39. The smallest absolute Gasteiger partial charge is 0.411 e. The average molecular weight is 538 g/mol. The molecular formula is C28H28BrNO5. The van der Waals surface area contributed by atoms with Crippen LogP contribution in [-0.4, -0.2) is 29.6 Å². The third-order valence-electron chi connectivity index (χ3n) is 6.07. The van der Waals surface area contributed by atoms with Crippen LogP contribution in [0.4, 0.5) is 4.79 Å². The second kappa shape index (κ2) is 11.0. The minimum atomic E-state index is -0.357. The van der Waals surface area contributed by atoms with Crippen molar-refractivity contribution in [3.8, 4) is 11.5 Å². The van der Waals surface area contributed by atoms with Gasteiger partial charge in [-0.2, -0.15) is 0 Å². The Morgan fingerprint density at radius 1 is 1.06 bits per heavy atom. The predicted molar refractivity (Wildman–Crippen MR) is 136 cm³/mol. The number of nitrogens with zero attached hydrogens (tertiary/aromatic N) is 1. The zero-order valence-corrected chi connectivity index (χ0v) is 21.6. The Labute approximate surface area is 213 Å². The Morgan fingerprint density at radius 3 is 2.57 bits per heavy atom. The lowest BCUT2D eigenvalue weighted by atomic mass is 10.0. The first kappa shape index (κ1) is 24.8. The molecule has 0 unspecified atom stereocenters. The molecule has 2 atom stereocenters. The minimum absolute atomic E-state index is 0.146. The number of carbonyl (C=O) groups excluding carboxylic acids is 2. The largest absolute Gasteiger partial charge is 0.466 e. The van der Waals surface area contributed by atoms with Crippen molar-refractivity contribution < 1.29 is 23.8 Å². The summed E-state index contributed by atoms with van der Waals surface area (Å²) in [6.07, 6.45) is -0.505. The number of rotatable bonds is 8. The van der Waals surface area contributed by atoms with Crippen molar-refractivity contribution in [3.63, 3.8) is 0 Å². The average Bonchev–Trinajstić information content (AvgIpc) is 3.12. The maximum absolute atomic E-state index is 12.8. The topological polar surface area (TPSA) is 65.1 Å². The molecule has 0 aromatic heterocycles. The van der Waals surface area contributed by atoms with Gasteiger partial charge < -0.3 is 14.2 Å². The van der Waals surface area contributed by atoms with Crippen LogP contribution in [-0.2, 0) is 27.2 Å². The van der Waals surface area contributed by atoms with Gasteiger partial charge in [0, 0.05) is 10.0 Å². The number of hydrogen-bond acceptors (Lipinski definition) is 5. The van der Waals surface area contributed by atoms with E-state index in [2.05, 4.69) is 15.9 Å². The Hall–Kier alpha value is -3.32. The molecule has 1 saturated heterocycles. The molecule has 1 fully saturated rings. The summed E-state index contributed by atoms with van der Waals surface area (Å²) < 4.78 is 17.9. The summed E-state index contributed by atoms with van der Waals surface area (Å²) in [5, 5.41) is 0. The van der Waals surface area contributed by atoms with E-state index in [9.17, 15) is 9.59 Å². The van der Waals surface area contributed by atoms with Crippen molar-refractivity contribution in [2.75, 3.05) is 6.61 Å². The maximum atomic E-state index is 12.8. The van der Waals surface area contributed by atoms with Gasteiger partial charge in [-0.15, -0.1) is 0 Å². The SMILES string of the molecule is CCOC(=O)Cc1cc(Oc2ccc(Br)cc2CN2C(=O)O[C@H](c3ccccc3)[C@@H]2C)ccc1C. The van der Waals surface area contributed by atoms with Gasteiger partial charge in [-0.25, -0.2) is 4.79 Å². The van der Waals surface area contributed by atoms with E-state index in [1.165, 1.54) is 0 Å². The lowest BCUT2D eigenvalue weighted by Crippen LogP contribution is -2.31. The minimum Gasteiger partial charge on any atom is -0.466 e. The van der Waals surface area contributed by atoms with Crippen molar-refractivity contribution in [1.29, 1.82) is 0 Å². The zero-order chi connectivity index (χ0) is 24.9. The Balaban J connectivity index is 1.55. The van der Waals surface area contributed by atoms with Crippen LogP contribution >= 0.6 is 15.9 Å². The summed E-state index contributed by atoms with van der Waals surface area (Å²) in [7, 11) is 0. The number of amides is 1. The normalized spacial score (nSPS) is 17.3. The van der Waals surface area contributed by atoms with Gasteiger partial charge in [0.15, 0.2) is 0 Å². The zero-order valence-electron chi connectivity index (χ0n) is 20.0. The lowest BCUT2D eigenvalue weighted by molar-refractivity contribution is -0.142. The molecule has 3 aromatic rings. The monoisotopic (exact) mass is 537 g/mol. The molecule has 1 aliphatic heterocycles. The van der Waals surface area contributed by atoms with Crippen molar-refractivity contribution in [2.45, 2.75) is 45.9 Å². The molecule has 35 heavy (non-hydrogen) atoms. The van der Waals surface area contributed by atoms with E-state index < -0.39 is 0 Å². The summed E-state index contributed by atoms with van der Waals surface area (Å²) >= 11 is 3.53. The third-order valence-corrected chi connectivity index (χ3v) is 6.57. The number of carbonyl (C=O) groups is 2. The van der Waals surface area contributed by atoms with Crippen LogP contribution in [0.5, 0.6) is 11.5 Å². The Kier molecular flexibility index (Phi) is 7.76. The molecule has 0 saturated carbocycles. The highest BCUT2D eigenvalue weighted by molar-refractivity contribution is 9.10. The molecular weight excluding hydrogens is 510 g/mol. The summed E-state index contributed by atoms with van der Waals surface area (Å²) in [6, 6.07) is 21.0. The molecule has 4 rings (SSSR count). The molecule has 1 aliphatic rings. The molecule has 0 N–H and O–H groups in total. The van der Waals surface area contributed by atoms with Gasteiger partial charge in [0.25, 0.3) is 0 Å². The van der Waals surface area contributed by atoms with Gasteiger partial charge in [0.05, 0.1) is 25.6 Å². The fourth-order valence-electron chi connectivity index (χ4n) is 4.15. The second-order valence-electron chi connectivity index (χ2n) is 8.51. The molecule has 0 aliphatic carbocycles. The molecule has 3 aromatic carbocycles. The molecule has 0 spiro atoms. The van der Waals surface area contributed by atoms with Gasteiger partial charge in [0.1, 0.15) is 17.6 Å². The summed E-state index contributed by atoms with van der Waals surface area (Å²) in [4.78, 5) is 26.5. The van der Waals surface area contributed by atoms with E-state index in [1.54, 1.807) is 11.8 Å². The van der Waals surface area contributed by atoms with Crippen LogP contribution in [0.1, 0.15) is 42.2 Å². The van der Waals surface area contributed by atoms with E-state index in [1.807, 2.05) is 80.6 Å². The Morgan fingerprint density at radius 2 is 1.83 bits per heavy atom. The maximum Gasteiger partial charge on any atom is 0.411 e. The molecule has 0 bridgehead atoms. The fraction of sp³-hybridized carbons (Fsp3) is 0.286. The fourth-order valence-corrected chi connectivity index (χ4v) is 4.56. The van der Waals surface area contributed by atoms with Gasteiger partial charge >= 0.3 is 12.1 Å². The number of esters is 1. The number of hydrogen-bond donors (Lipinski definition) is 0. The third kappa shape index (κ3) is 5.85. The van der Waals surface area contributed by atoms with Crippen LogP contribution < -0.4 is 4.74 Å². The van der Waals surface area contributed by atoms with E-state index >= 15 is 0 Å². The van der Waals surface area contributed by atoms with Crippen LogP contribution in [0.25, 0.3) is 0 Å². The Bertz CT molecular complexity index is 1210. The van der Waals surface area contributed by atoms with Gasteiger partial charge in [0.2, 0.25) is 0 Å². The molecule has 1 heterocycles. The second-order valence-corrected chi connectivity index (χ2v) is 9.42. The molecule has 7 heteroatoms. The number of halogens is 1. The van der Waals surface area contributed by atoms with Crippen LogP contribution in [0.3, 0.4) is 0 Å². The molecule has 0 radical (unpaired) electrons. The first-order valence-electron chi connectivity index (χ1n) is 11.6. The molecule has 182 valence electrons. The summed E-state index contributed by atoms with van der Waals surface area (Å²) in [6.45, 7) is 6.41. The number of benzene rings is 3. The number of cyclic esters (lactones) is 1. The van der Waals surface area contributed by atoms with E-state index in [0.717, 1.165) is 26.7 Å². The van der Waals surface area contributed by atoms with Crippen LogP contribution in [0.2, 0.25) is 0 Å². The first-order chi connectivity index (χ1) is 16.9. The van der Waals surface area contributed by atoms with Crippen molar-refractivity contribution in [3.05, 3.63) is 93.5 Å². The van der Waals surface area contributed by atoms with Crippen molar-refractivity contribution >= 4 is 28.0 Å². The highest BCUT2D eigenvalue weighted by atomic mass is 79.9. The lowest BCUT2D eigenvalue weighted by Gasteiger charge is -2.22. The van der Waals surface area contributed by atoms with E-state index in [-0.39, 0.29) is 30.6 Å². The molecule has 1 amide bonds. The number of aryl methyl sites for hydroxylation is 1. The standard InChI is InChI=1S/C28H28BrNO5/c1-4-33-26(31)16-21-15-24(12-10-18(21)2)34-25-13-11-23(29)14-22(25)17-30-19(3)27(35-28(30)32)20-8-6-5-7-9-20/h5-15,19,27H,4,16-17H2,1-3H3/t19-,27-/m0/s1. The van der Waals surface area contributed by atoms with E-state index in [4.69, 9.17) is 14.2 Å². The van der Waals surface area contributed by atoms with Gasteiger partial charge in [-0.3, -0.25) is 9.69 Å². The quantitative estimate of drug-likeness (QED) is 0.298. The number of ether oxygens (including phenoxy) is 3. The predicted octanol–water partition coefficient (Wildman–Crippen LogP) is 6.74. The van der Waals surface area contributed by atoms with Gasteiger partial charge in [-0.05, 0) is 67.8 Å². The summed E-state index contributed by atoms with van der Waals surface area (Å²) in [5.41, 5.74) is 3.64.